The number of aliphatic imine (C=N–C) groups is 1. The first kappa shape index (κ1) is 14.1. The molecule has 3 fully saturated rings. The van der Waals surface area contributed by atoms with Crippen molar-refractivity contribution >= 4 is 5.96 Å². The zero-order valence-electron chi connectivity index (χ0n) is 12.4. The van der Waals surface area contributed by atoms with Crippen molar-refractivity contribution in [2.45, 2.75) is 63.6 Å². The minimum absolute atomic E-state index is 0.167. The summed E-state index contributed by atoms with van der Waals surface area (Å²) in [7, 11) is 0. The number of nitrogens with two attached hydrogens (primary N) is 1. The average molecular weight is 281 g/mol. The predicted molar refractivity (Wildman–Crippen MR) is 78.7 cm³/mol. The number of nitrogens with zero attached hydrogens (tertiary/aromatic N) is 1. The van der Waals surface area contributed by atoms with Crippen LogP contribution in [0.25, 0.3) is 0 Å². The fourth-order valence-corrected chi connectivity index (χ4v) is 3.72. The molecule has 0 aromatic carbocycles. The van der Waals surface area contributed by atoms with Gasteiger partial charge < -0.3 is 20.5 Å². The smallest absolute Gasteiger partial charge is 0.189 e. The van der Waals surface area contributed by atoms with Gasteiger partial charge in [0.15, 0.2) is 5.96 Å². The second-order valence-electron chi connectivity index (χ2n) is 6.33. The summed E-state index contributed by atoms with van der Waals surface area (Å²) < 4.78 is 11.4. The van der Waals surface area contributed by atoms with Crippen molar-refractivity contribution in [3.8, 4) is 0 Å². The predicted octanol–water partition coefficient (Wildman–Crippen LogP) is 1.42. The highest BCUT2D eigenvalue weighted by atomic mass is 16.5. The van der Waals surface area contributed by atoms with Crippen LogP contribution in [0.3, 0.4) is 0 Å². The molecule has 0 bridgehead atoms. The lowest BCUT2D eigenvalue weighted by Gasteiger charge is -2.55. The van der Waals surface area contributed by atoms with Crippen molar-refractivity contribution in [1.82, 2.24) is 5.32 Å². The third kappa shape index (κ3) is 2.53. The van der Waals surface area contributed by atoms with E-state index >= 15 is 0 Å². The zero-order valence-corrected chi connectivity index (χ0v) is 12.4. The first-order chi connectivity index (χ1) is 9.74. The van der Waals surface area contributed by atoms with E-state index in [0.29, 0.717) is 24.1 Å². The van der Waals surface area contributed by atoms with Crippen LogP contribution in [0.1, 0.15) is 45.4 Å². The minimum atomic E-state index is 0.167. The largest absolute Gasteiger partial charge is 0.381 e. The molecular weight excluding hydrogens is 254 g/mol. The summed E-state index contributed by atoms with van der Waals surface area (Å²) in [6.07, 6.45) is 7.18. The van der Waals surface area contributed by atoms with Gasteiger partial charge in [-0.05, 0) is 45.4 Å². The molecule has 1 heterocycles. The van der Waals surface area contributed by atoms with Gasteiger partial charge in [0.25, 0.3) is 0 Å². The van der Waals surface area contributed by atoms with E-state index in [1.54, 1.807) is 0 Å². The number of ether oxygens (including phenoxy) is 2. The van der Waals surface area contributed by atoms with Crippen molar-refractivity contribution in [2.24, 2.45) is 16.1 Å². The summed E-state index contributed by atoms with van der Waals surface area (Å²) in [5.74, 6) is 0.625. The van der Waals surface area contributed by atoms with Crippen LogP contribution in [0, 0.1) is 5.41 Å². The maximum absolute atomic E-state index is 6.07. The molecule has 20 heavy (non-hydrogen) atoms. The Morgan fingerprint density at radius 2 is 2.15 bits per heavy atom. The van der Waals surface area contributed by atoms with E-state index < -0.39 is 0 Å². The van der Waals surface area contributed by atoms with Gasteiger partial charge >= 0.3 is 0 Å². The molecule has 2 atom stereocenters. The first-order valence-corrected chi connectivity index (χ1v) is 8.04. The highest BCUT2D eigenvalue weighted by Crippen LogP contribution is 2.52. The van der Waals surface area contributed by atoms with Crippen LogP contribution >= 0.6 is 0 Å². The van der Waals surface area contributed by atoms with Gasteiger partial charge in [-0.1, -0.05) is 0 Å². The van der Waals surface area contributed by atoms with Crippen LogP contribution in [0.15, 0.2) is 4.99 Å². The van der Waals surface area contributed by atoms with Gasteiger partial charge in [0.1, 0.15) is 0 Å². The molecule has 114 valence electrons. The summed E-state index contributed by atoms with van der Waals surface area (Å²) in [4.78, 5) is 4.76. The molecule has 0 radical (unpaired) electrons. The van der Waals surface area contributed by atoms with Crippen LogP contribution in [-0.2, 0) is 9.47 Å². The van der Waals surface area contributed by atoms with Crippen LogP contribution in [-0.4, -0.2) is 44.0 Å². The Kier molecular flexibility index (Phi) is 4.17. The fraction of sp³-hybridized carbons (Fsp3) is 0.933. The average Bonchev–Trinajstić information content (AvgIpc) is 2.43. The van der Waals surface area contributed by atoms with Gasteiger partial charge in [0.05, 0.1) is 12.1 Å². The Morgan fingerprint density at radius 1 is 1.40 bits per heavy atom. The van der Waals surface area contributed by atoms with E-state index in [-0.39, 0.29) is 5.41 Å². The lowest BCUT2D eigenvalue weighted by molar-refractivity contribution is -0.163. The summed E-state index contributed by atoms with van der Waals surface area (Å²) >= 11 is 0. The third-order valence-corrected chi connectivity index (χ3v) is 5.29. The van der Waals surface area contributed by atoms with E-state index in [0.717, 1.165) is 39.1 Å². The molecule has 0 aromatic heterocycles. The summed E-state index contributed by atoms with van der Waals surface area (Å²) in [5.41, 5.74) is 6.24. The SMILES string of the molecule is CCOC1CC(N=C(N)NC2CCC2)C12CCOCC2. The molecule has 0 aromatic rings. The summed E-state index contributed by atoms with van der Waals surface area (Å²) in [6.45, 7) is 4.49. The Balaban J connectivity index is 1.64. The lowest BCUT2D eigenvalue weighted by atomic mass is 9.58. The van der Waals surface area contributed by atoms with E-state index in [2.05, 4.69) is 12.2 Å². The second kappa shape index (κ2) is 5.90. The van der Waals surface area contributed by atoms with E-state index in [9.17, 15) is 0 Å². The third-order valence-electron chi connectivity index (χ3n) is 5.29. The highest BCUT2D eigenvalue weighted by molar-refractivity contribution is 5.78. The number of nitrogens with one attached hydrogen (secondary N) is 1. The number of hydrogen-bond donors (Lipinski definition) is 2. The van der Waals surface area contributed by atoms with Gasteiger partial charge in [-0.3, -0.25) is 0 Å². The maximum atomic E-state index is 6.07. The number of guanidine groups is 1. The summed E-state index contributed by atoms with van der Waals surface area (Å²) in [6, 6.07) is 0.850. The molecule has 5 nitrogen and oxygen atoms in total. The van der Waals surface area contributed by atoms with Gasteiger partial charge in [-0.15, -0.1) is 0 Å². The quantitative estimate of drug-likeness (QED) is 0.604. The Hall–Kier alpha value is -0.810. The Bertz CT molecular complexity index is 362. The first-order valence-electron chi connectivity index (χ1n) is 8.04. The van der Waals surface area contributed by atoms with E-state index in [1.165, 1.54) is 19.3 Å². The van der Waals surface area contributed by atoms with Gasteiger partial charge in [-0.2, -0.15) is 0 Å². The van der Waals surface area contributed by atoms with E-state index in [1.807, 2.05) is 0 Å². The van der Waals surface area contributed by atoms with Gasteiger partial charge in [0.2, 0.25) is 0 Å². The molecule has 0 amide bonds. The molecule has 1 aliphatic heterocycles. The standard InChI is InChI=1S/C15H27N3O2/c1-2-20-13-10-12(15(13)6-8-19-9-7-15)18-14(16)17-11-4-3-5-11/h11-13H,2-10H2,1H3,(H3,16,17,18). The highest BCUT2D eigenvalue weighted by Gasteiger charge is 2.56. The molecule has 3 N–H and O–H groups in total. The van der Waals surface area contributed by atoms with Crippen LogP contribution in [0.5, 0.6) is 0 Å². The van der Waals surface area contributed by atoms with Crippen molar-refractivity contribution in [3.63, 3.8) is 0 Å². The lowest BCUT2D eigenvalue weighted by Crippen LogP contribution is -2.60. The molecule has 3 aliphatic rings. The maximum Gasteiger partial charge on any atom is 0.189 e. The molecular formula is C15H27N3O2. The minimum Gasteiger partial charge on any atom is -0.381 e. The molecule has 3 rings (SSSR count). The fourth-order valence-electron chi connectivity index (χ4n) is 3.72. The van der Waals surface area contributed by atoms with Crippen molar-refractivity contribution in [1.29, 1.82) is 0 Å². The van der Waals surface area contributed by atoms with Crippen molar-refractivity contribution in [3.05, 3.63) is 0 Å². The summed E-state index contributed by atoms with van der Waals surface area (Å²) in [5, 5.41) is 3.34. The molecule has 5 heteroatoms. The Labute approximate surface area is 121 Å². The Morgan fingerprint density at radius 3 is 2.75 bits per heavy atom. The molecule has 2 saturated carbocycles. The zero-order chi connectivity index (χ0) is 14.0. The molecule has 2 unspecified atom stereocenters. The van der Waals surface area contributed by atoms with Crippen LogP contribution < -0.4 is 11.1 Å². The normalized spacial score (nSPS) is 33.5. The molecule has 2 aliphatic carbocycles. The topological polar surface area (TPSA) is 68.9 Å². The van der Waals surface area contributed by atoms with Crippen molar-refractivity contribution < 1.29 is 9.47 Å². The second-order valence-corrected chi connectivity index (χ2v) is 6.33. The number of rotatable bonds is 4. The number of hydrogen-bond acceptors (Lipinski definition) is 3. The van der Waals surface area contributed by atoms with Crippen LogP contribution in [0.2, 0.25) is 0 Å². The van der Waals surface area contributed by atoms with Crippen molar-refractivity contribution in [2.75, 3.05) is 19.8 Å². The molecule has 1 spiro atoms. The van der Waals surface area contributed by atoms with Gasteiger partial charge in [0, 0.05) is 31.3 Å². The molecule has 1 saturated heterocycles. The van der Waals surface area contributed by atoms with E-state index in [4.69, 9.17) is 20.2 Å². The monoisotopic (exact) mass is 281 g/mol. The van der Waals surface area contributed by atoms with Gasteiger partial charge in [-0.25, -0.2) is 4.99 Å². The van der Waals surface area contributed by atoms with Crippen LogP contribution in [0.4, 0.5) is 0 Å².